The van der Waals surface area contributed by atoms with Crippen LogP contribution in [0.4, 0.5) is 0 Å². The molecule has 0 fully saturated rings. The van der Waals surface area contributed by atoms with Crippen molar-refractivity contribution in [2.75, 3.05) is 0 Å². The average molecular weight is 346 g/mol. The number of hydrogen-bond acceptors (Lipinski definition) is 2. The molecule has 3 rings (SSSR count). The summed E-state index contributed by atoms with van der Waals surface area (Å²) in [5, 5.41) is 0. The van der Waals surface area contributed by atoms with Gasteiger partial charge in [-0.1, -0.05) is 46.3 Å². The minimum atomic E-state index is -0.0352. The normalized spacial score (nSPS) is 18.9. The third kappa shape index (κ3) is 3.14. The predicted octanol–water partition coefficient (Wildman–Crippen LogP) is 4.93. The van der Waals surface area contributed by atoms with Crippen LogP contribution in [0, 0.1) is 0 Å². The van der Waals surface area contributed by atoms with Crippen molar-refractivity contribution in [3.8, 4) is 5.75 Å². The zero-order valence-corrected chi connectivity index (χ0v) is 13.8. The summed E-state index contributed by atoms with van der Waals surface area (Å²) in [5.41, 5.74) is 9.85. The van der Waals surface area contributed by atoms with Gasteiger partial charge in [0.05, 0.1) is 0 Å². The van der Waals surface area contributed by atoms with Crippen LogP contribution >= 0.6 is 15.9 Å². The van der Waals surface area contributed by atoms with E-state index in [-0.39, 0.29) is 12.1 Å². The molecule has 2 aromatic rings. The Kier molecular flexibility index (Phi) is 4.32. The van der Waals surface area contributed by atoms with E-state index in [0.29, 0.717) is 0 Å². The third-order valence-corrected chi connectivity index (χ3v) is 4.54. The van der Waals surface area contributed by atoms with E-state index in [1.165, 1.54) is 17.5 Å². The molecule has 0 saturated heterocycles. The number of aryl methyl sites for hydroxylation is 1. The summed E-state index contributed by atoms with van der Waals surface area (Å²) in [6, 6.07) is 14.6. The summed E-state index contributed by atoms with van der Waals surface area (Å²) >= 11 is 3.52. The molecule has 1 aliphatic carbocycles. The highest BCUT2D eigenvalue weighted by atomic mass is 79.9. The van der Waals surface area contributed by atoms with E-state index >= 15 is 0 Å². The van der Waals surface area contributed by atoms with Gasteiger partial charge in [0.2, 0.25) is 0 Å². The third-order valence-electron chi connectivity index (χ3n) is 4.05. The van der Waals surface area contributed by atoms with Crippen molar-refractivity contribution in [2.24, 2.45) is 5.73 Å². The van der Waals surface area contributed by atoms with Gasteiger partial charge in [0, 0.05) is 16.1 Å². The fourth-order valence-electron chi connectivity index (χ4n) is 2.97. The van der Waals surface area contributed by atoms with Gasteiger partial charge in [-0.15, -0.1) is 0 Å². The van der Waals surface area contributed by atoms with Gasteiger partial charge in [-0.05, 0) is 49.4 Å². The first-order chi connectivity index (χ1) is 10.1. The summed E-state index contributed by atoms with van der Waals surface area (Å²) in [5.74, 6) is 0.890. The quantitative estimate of drug-likeness (QED) is 0.856. The van der Waals surface area contributed by atoms with Crippen molar-refractivity contribution in [1.29, 1.82) is 0 Å². The molecule has 0 bridgehead atoms. The van der Waals surface area contributed by atoms with Crippen LogP contribution in [0.2, 0.25) is 0 Å². The fourth-order valence-corrected chi connectivity index (χ4v) is 3.31. The maximum Gasteiger partial charge on any atom is 0.126 e. The van der Waals surface area contributed by atoms with E-state index in [9.17, 15) is 0 Å². The Morgan fingerprint density at radius 3 is 2.86 bits per heavy atom. The number of hydrogen-bond donors (Lipinski definition) is 1. The van der Waals surface area contributed by atoms with Crippen molar-refractivity contribution in [1.82, 2.24) is 0 Å². The van der Waals surface area contributed by atoms with E-state index in [1.54, 1.807) is 0 Å². The monoisotopic (exact) mass is 345 g/mol. The number of halogens is 1. The van der Waals surface area contributed by atoms with Crippen molar-refractivity contribution in [3.05, 3.63) is 63.6 Å². The second-order valence-electron chi connectivity index (χ2n) is 5.67. The van der Waals surface area contributed by atoms with Gasteiger partial charge >= 0.3 is 0 Å². The summed E-state index contributed by atoms with van der Waals surface area (Å²) in [6.07, 6.45) is 3.50. The lowest BCUT2D eigenvalue weighted by atomic mass is 9.89. The zero-order valence-electron chi connectivity index (χ0n) is 12.2. The SMILES string of the molecule is CC(N)c1ccc(Br)cc1OC1CCCc2ccccc21. The van der Waals surface area contributed by atoms with Gasteiger partial charge in [0.15, 0.2) is 0 Å². The first kappa shape index (κ1) is 14.6. The molecule has 2 N–H and O–H groups in total. The number of fused-ring (bicyclic) bond motifs is 1. The Labute approximate surface area is 134 Å². The molecule has 2 atom stereocenters. The highest BCUT2D eigenvalue weighted by molar-refractivity contribution is 9.10. The van der Waals surface area contributed by atoms with Gasteiger partial charge in [0.1, 0.15) is 11.9 Å². The summed E-state index contributed by atoms with van der Waals surface area (Å²) in [6.45, 7) is 1.99. The van der Waals surface area contributed by atoms with Crippen LogP contribution in [0.25, 0.3) is 0 Å². The zero-order chi connectivity index (χ0) is 14.8. The van der Waals surface area contributed by atoms with Crippen molar-refractivity contribution in [3.63, 3.8) is 0 Å². The number of benzene rings is 2. The molecule has 2 nitrogen and oxygen atoms in total. The highest BCUT2D eigenvalue weighted by Crippen LogP contribution is 2.36. The molecule has 2 unspecified atom stereocenters. The van der Waals surface area contributed by atoms with Crippen LogP contribution in [0.1, 0.15) is 48.6 Å². The fraction of sp³-hybridized carbons (Fsp3) is 0.333. The Hall–Kier alpha value is -1.32. The molecule has 1 aliphatic rings. The molecule has 0 saturated carbocycles. The Morgan fingerprint density at radius 1 is 1.24 bits per heavy atom. The largest absolute Gasteiger partial charge is 0.485 e. The molecule has 110 valence electrons. The van der Waals surface area contributed by atoms with Crippen LogP contribution in [0.5, 0.6) is 5.75 Å². The number of nitrogens with two attached hydrogens (primary N) is 1. The second-order valence-corrected chi connectivity index (χ2v) is 6.58. The topological polar surface area (TPSA) is 35.2 Å². The molecule has 2 aromatic carbocycles. The van der Waals surface area contributed by atoms with Crippen LogP contribution in [-0.4, -0.2) is 0 Å². The molecule has 0 amide bonds. The Morgan fingerprint density at radius 2 is 2.05 bits per heavy atom. The van der Waals surface area contributed by atoms with Crippen molar-refractivity contribution >= 4 is 15.9 Å². The Bertz CT molecular complexity index is 639. The summed E-state index contributed by atoms with van der Waals surface area (Å²) in [7, 11) is 0. The summed E-state index contributed by atoms with van der Waals surface area (Å²) in [4.78, 5) is 0. The maximum absolute atomic E-state index is 6.35. The molecule has 3 heteroatoms. The molecule has 0 aliphatic heterocycles. The lowest BCUT2D eigenvalue weighted by Crippen LogP contribution is -2.17. The maximum atomic E-state index is 6.35. The van der Waals surface area contributed by atoms with Gasteiger partial charge < -0.3 is 10.5 Å². The van der Waals surface area contributed by atoms with Gasteiger partial charge in [-0.25, -0.2) is 0 Å². The van der Waals surface area contributed by atoms with E-state index in [1.807, 2.05) is 25.1 Å². The molecule has 0 aromatic heterocycles. The first-order valence-corrected chi connectivity index (χ1v) is 8.24. The lowest BCUT2D eigenvalue weighted by Gasteiger charge is -2.27. The van der Waals surface area contributed by atoms with E-state index in [2.05, 4.69) is 40.2 Å². The minimum Gasteiger partial charge on any atom is -0.485 e. The average Bonchev–Trinajstić information content (AvgIpc) is 2.47. The van der Waals surface area contributed by atoms with Gasteiger partial charge in [-0.3, -0.25) is 0 Å². The first-order valence-electron chi connectivity index (χ1n) is 7.44. The molecular formula is C18H20BrNO. The van der Waals surface area contributed by atoms with Crippen LogP contribution in [0.3, 0.4) is 0 Å². The van der Waals surface area contributed by atoms with E-state index < -0.39 is 0 Å². The molecule has 0 radical (unpaired) electrons. The lowest BCUT2D eigenvalue weighted by molar-refractivity contribution is 0.181. The van der Waals surface area contributed by atoms with Gasteiger partial charge in [0.25, 0.3) is 0 Å². The molecular weight excluding hydrogens is 326 g/mol. The van der Waals surface area contributed by atoms with Gasteiger partial charge in [-0.2, -0.15) is 0 Å². The van der Waals surface area contributed by atoms with Crippen molar-refractivity contribution < 1.29 is 4.74 Å². The second kappa shape index (κ2) is 6.20. The molecule has 21 heavy (non-hydrogen) atoms. The number of ether oxygens (including phenoxy) is 1. The smallest absolute Gasteiger partial charge is 0.126 e. The van der Waals surface area contributed by atoms with E-state index in [4.69, 9.17) is 10.5 Å². The van der Waals surface area contributed by atoms with Crippen LogP contribution in [-0.2, 0) is 6.42 Å². The molecule has 0 heterocycles. The van der Waals surface area contributed by atoms with Crippen molar-refractivity contribution in [2.45, 2.75) is 38.3 Å². The standard InChI is InChI=1S/C18H20BrNO/c1-12(20)15-10-9-14(19)11-18(15)21-17-8-4-6-13-5-2-3-7-16(13)17/h2-3,5,7,9-12,17H,4,6,8,20H2,1H3. The minimum absolute atomic E-state index is 0.0352. The number of rotatable bonds is 3. The Balaban J connectivity index is 1.93. The summed E-state index contributed by atoms with van der Waals surface area (Å²) < 4.78 is 7.36. The highest BCUT2D eigenvalue weighted by Gasteiger charge is 2.22. The molecule has 0 spiro atoms. The predicted molar refractivity (Wildman–Crippen MR) is 89.5 cm³/mol. The van der Waals surface area contributed by atoms with Crippen LogP contribution in [0.15, 0.2) is 46.9 Å². The van der Waals surface area contributed by atoms with Crippen LogP contribution < -0.4 is 10.5 Å². The van der Waals surface area contributed by atoms with E-state index in [0.717, 1.165) is 28.6 Å².